The number of amides is 4. The van der Waals surface area contributed by atoms with Crippen LogP contribution in [0.1, 0.15) is 16.1 Å². The Morgan fingerprint density at radius 2 is 1.72 bits per heavy atom. The molecule has 5 N–H and O–H groups in total. The van der Waals surface area contributed by atoms with Gasteiger partial charge in [0, 0.05) is 11.1 Å². The van der Waals surface area contributed by atoms with Crippen molar-refractivity contribution in [3.05, 3.63) is 71.0 Å². The third-order valence-corrected chi connectivity index (χ3v) is 4.49. The van der Waals surface area contributed by atoms with E-state index >= 15 is 0 Å². The molecule has 0 aliphatic carbocycles. The summed E-state index contributed by atoms with van der Waals surface area (Å²) in [5.74, 6) is -1.43. The number of hydrogen-bond acceptors (Lipinski definition) is 5. The van der Waals surface area contributed by atoms with Gasteiger partial charge in [0.15, 0.2) is 5.13 Å². The van der Waals surface area contributed by atoms with E-state index in [1.54, 1.807) is 23.6 Å². The van der Waals surface area contributed by atoms with Crippen LogP contribution in [0.3, 0.4) is 0 Å². The smallest absolute Gasteiger partial charge is 0.325 e. The molecule has 0 fully saturated rings. The highest BCUT2D eigenvalue weighted by molar-refractivity contribution is 7.14. The summed E-state index contributed by atoms with van der Waals surface area (Å²) >= 11 is 1.15. The SMILES string of the molecule is NC(=O)c1ccccc1NC(=O)Cc1csc(NC(=O)Nc2ccc(F)cc2)n1. The van der Waals surface area contributed by atoms with E-state index in [0.29, 0.717) is 22.2 Å². The van der Waals surface area contributed by atoms with Crippen LogP contribution in [0.25, 0.3) is 0 Å². The van der Waals surface area contributed by atoms with Gasteiger partial charge in [-0.1, -0.05) is 12.1 Å². The Balaban J connectivity index is 1.56. The van der Waals surface area contributed by atoms with Crippen molar-refractivity contribution in [2.75, 3.05) is 16.0 Å². The minimum atomic E-state index is -0.645. The zero-order valence-electron chi connectivity index (χ0n) is 14.9. The Hall–Kier alpha value is -3.79. The lowest BCUT2D eigenvalue weighted by atomic mass is 10.1. The van der Waals surface area contributed by atoms with Gasteiger partial charge in [0.25, 0.3) is 5.91 Å². The van der Waals surface area contributed by atoms with E-state index in [9.17, 15) is 18.8 Å². The van der Waals surface area contributed by atoms with Crippen molar-refractivity contribution in [2.45, 2.75) is 6.42 Å². The molecule has 10 heteroatoms. The fourth-order valence-corrected chi connectivity index (χ4v) is 3.11. The number of halogens is 1. The number of primary amides is 1. The molecule has 0 atom stereocenters. The summed E-state index contributed by atoms with van der Waals surface area (Å²) in [6, 6.07) is 11.2. The van der Waals surface area contributed by atoms with Gasteiger partial charge in [0.1, 0.15) is 5.82 Å². The number of para-hydroxylation sites is 1. The molecule has 8 nitrogen and oxygen atoms in total. The summed E-state index contributed by atoms with van der Waals surface area (Å²) in [7, 11) is 0. The molecular formula is C19H16FN5O3S. The second-order valence-corrected chi connectivity index (χ2v) is 6.72. The number of nitrogens with two attached hydrogens (primary N) is 1. The normalized spacial score (nSPS) is 10.2. The monoisotopic (exact) mass is 413 g/mol. The third kappa shape index (κ3) is 5.59. The van der Waals surface area contributed by atoms with E-state index in [2.05, 4.69) is 20.9 Å². The molecule has 0 aliphatic rings. The molecule has 1 aromatic heterocycles. The van der Waals surface area contributed by atoms with Crippen LogP contribution in [0.4, 0.5) is 25.7 Å². The molecule has 3 rings (SSSR count). The molecular weight excluding hydrogens is 397 g/mol. The second kappa shape index (κ2) is 8.93. The first-order chi connectivity index (χ1) is 13.9. The van der Waals surface area contributed by atoms with E-state index in [0.717, 1.165) is 11.3 Å². The average molecular weight is 413 g/mol. The van der Waals surface area contributed by atoms with Crippen molar-refractivity contribution in [3.8, 4) is 0 Å². The molecule has 0 bridgehead atoms. The van der Waals surface area contributed by atoms with Crippen LogP contribution >= 0.6 is 11.3 Å². The largest absolute Gasteiger partial charge is 0.366 e. The van der Waals surface area contributed by atoms with Crippen LogP contribution in [0.2, 0.25) is 0 Å². The van der Waals surface area contributed by atoms with E-state index < -0.39 is 17.8 Å². The first kappa shape index (κ1) is 20.0. The molecule has 148 valence electrons. The van der Waals surface area contributed by atoms with Crippen LogP contribution in [0, 0.1) is 5.82 Å². The number of nitrogens with one attached hydrogen (secondary N) is 3. The van der Waals surface area contributed by atoms with Gasteiger partial charge in [-0.2, -0.15) is 0 Å². The lowest BCUT2D eigenvalue weighted by molar-refractivity contribution is -0.115. The molecule has 2 aromatic carbocycles. The maximum absolute atomic E-state index is 12.9. The molecule has 0 unspecified atom stereocenters. The highest BCUT2D eigenvalue weighted by atomic mass is 32.1. The summed E-state index contributed by atoms with van der Waals surface area (Å²) in [5.41, 5.74) is 6.68. The van der Waals surface area contributed by atoms with Crippen LogP contribution < -0.4 is 21.7 Å². The fraction of sp³-hybridized carbons (Fsp3) is 0.0526. The maximum atomic E-state index is 12.9. The van der Waals surface area contributed by atoms with E-state index in [1.165, 1.54) is 30.3 Å². The van der Waals surface area contributed by atoms with Crippen LogP contribution in [0.15, 0.2) is 53.9 Å². The summed E-state index contributed by atoms with van der Waals surface area (Å²) in [6.45, 7) is 0. The number of urea groups is 1. The summed E-state index contributed by atoms with van der Waals surface area (Å²) in [5, 5.41) is 9.64. The number of carbonyl (C=O) groups is 3. The van der Waals surface area contributed by atoms with Gasteiger partial charge in [-0.15, -0.1) is 11.3 Å². The van der Waals surface area contributed by atoms with Crippen molar-refractivity contribution in [1.29, 1.82) is 0 Å². The Labute approximate surface area is 169 Å². The summed E-state index contributed by atoms with van der Waals surface area (Å²) < 4.78 is 12.9. The molecule has 0 radical (unpaired) electrons. The van der Waals surface area contributed by atoms with Crippen molar-refractivity contribution in [2.24, 2.45) is 5.73 Å². The third-order valence-electron chi connectivity index (χ3n) is 3.68. The van der Waals surface area contributed by atoms with Crippen molar-refractivity contribution in [3.63, 3.8) is 0 Å². The minimum absolute atomic E-state index is 0.0507. The van der Waals surface area contributed by atoms with Crippen LogP contribution in [-0.4, -0.2) is 22.8 Å². The number of hydrogen-bond donors (Lipinski definition) is 4. The Morgan fingerprint density at radius 3 is 2.45 bits per heavy atom. The standard InChI is InChI=1S/C19H16FN5O3S/c20-11-5-7-12(8-6-11)22-18(28)25-19-23-13(10-29-19)9-16(26)24-15-4-2-1-3-14(15)17(21)27/h1-8,10H,9H2,(H2,21,27)(H,24,26)(H2,22,23,25,28). The highest BCUT2D eigenvalue weighted by Crippen LogP contribution is 2.18. The molecule has 3 aromatic rings. The molecule has 0 saturated carbocycles. The first-order valence-corrected chi connectivity index (χ1v) is 9.25. The molecule has 0 spiro atoms. The molecule has 1 heterocycles. The molecule has 4 amide bonds. The van der Waals surface area contributed by atoms with Gasteiger partial charge in [-0.05, 0) is 36.4 Å². The predicted octanol–water partition coefficient (Wildman–Crippen LogP) is 3.21. The zero-order valence-corrected chi connectivity index (χ0v) is 15.8. The van der Waals surface area contributed by atoms with E-state index in [1.807, 2.05) is 0 Å². The minimum Gasteiger partial charge on any atom is -0.366 e. The first-order valence-electron chi connectivity index (χ1n) is 8.37. The lowest BCUT2D eigenvalue weighted by Gasteiger charge is -2.08. The van der Waals surface area contributed by atoms with Gasteiger partial charge >= 0.3 is 6.03 Å². The van der Waals surface area contributed by atoms with Gasteiger partial charge in [-0.25, -0.2) is 14.2 Å². The van der Waals surface area contributed by atoms with Gasteiger partial charge in [0.2, 0.25) is 5.91 Å². The van der Waals surface area contributed by atoms with Gasteiger partial charge in [0.05, 0.1) is 23.4 Å². The predicted molar refractivity (Wildman–Crippen MR) is 108 cm³/mol. The Kier molecular flexibility index (Phi) is 6.15. The fourth-order valence-electron chi connectivity index (χ4n) is 2.40. The summed E-state index contributed by atoms with van der Waals surface area (Å²) in [4.78, 5) is 39.8. The molecule has 29 heavy (non-hydrogen) atoms. The van der Waals surface area contributed by atoms with Crippen LogP contribution in [0.5, 0.6) is 0 Å². The number of benzene rings is 2. The van der Waals surface area contributed by atoms with E-state index in [4.69, 9.17) is 5.73 Å². The average Bonchev–Trinajstić information content (AvgIpc) is 3.10. The number of carbonyl (C=O) groups excluding carboxylic acids is 3. The number of anilines is 3. The number of nitrogens with zero attached hydrogens (tertiary/aromatic N) is 1. The quantitative estimate of drug-likeness (QED) is 0.495. The van der Waals surface area contributed by atoms with Crippen molar-refractivity contribution >= 4 is 45.7 Å². The number of aromatic nitrogens is 1. The lowest BCUT2D eigenvalue weighted by Crippen LogP contribution is -2.20. The zero-order chi connectivity index (χ0) is 20.8. The molecule has 0 aliphatic heterocycles. The number of thiazole rings is 1. The Bertz CT molecular complexity index is 1050. The Morgan fingerprint density at radius 1 is 1.00 bits per heavy atom. The van der Waals surface area contributed by atoms with Gasteiger partial charge < -0.3 is 16.4 Å². The van der Waals surface area contributed by atoms with Crippen molar-refractivity contribution < 1.29 is 18.8 Å². The number of rotatable bonds is 6. The topological polar surface area (TPSA) is 126 Å². The van der Waals surface area contributed by atoms with Crippen molar-refractivity contribution in [1.82, 2.24) is 4.98 Å². The second-order valence-electron chi connectivity index (χ2n) is 5.86. The molecule has 0 saturated heterocycles. The maximum Gasteiger partial charge on any atom is 0.325 e. The highest BCUT2D eigenvalue weighted by Gasteiger charge is 2.13. The van der Waals surface area contributed by atoms with Gasteiger partial charge in [-0.3, -0.25) is 14.9 Å². The van der Waals surface area contributed by atoms with Crippen LogP contribution in [-0.2, 0) is 11.2 Å². The summed E-state index contributed by atoms with van der Waals surface area (Å²) in [6.07, 6.45) is -0.0507. The van der Waals surface area contributed by atoms with E-state index in [-0.39, 0.29) is 17.9 Å².